The van der Waals surface area contributed by atoms with Gasteiger partial charge in [0, 0.05) is 0 Å². The van der Waals surface area contributed by atoms with Crippen molar-refractivity contribution in [1.82, 2.24) is 15.1 Å². The smallest absolute Gasteiger partial charge is 0.240 e. The molecule has 8 nitrogen and oxygen atoms in total. The zero-order valence-corrected chi connectivity index (χ0v) is 15.2. The Balaban J connectivity index is 1.87. The normalized spacial score (nSPS) is 10.6. The molecule has 0 aliphatic rings. The molecule has 0 saturated heterocycles. The highest BCUT2D eigenvalue weighted by Gasteiger charge is 2.15. The van der Waals surface area contributed by atoms with Crippen LogP contribution in [0.4, 0.5) is 10.8 Å². The number of aryl methyl sites for hydroxylation is 1. The third kappa shape index (κ3) is 5.80. The van der Waals surface area contributed by atoms with Crippen molar-refractivity contribution >= 4 is 34.0 Å². The number of benzene rings is 1. The number of hydrogen-bond donors (Lipinski definition) is 2. The molecule has 2 amide bonds. The molecule has 0 atom stereocenters. The van der Waals surface area contributed by atoms with Crippen LogP contribution in [0, 0.1) is 6.92 Å². The van der Waals surface area contributed by atoms with Gasteiger partial charge in [-0.1, -0.05) is 30.4 Å². The Morgan fingerprint density at radius 3 is 2.44 bits per heavy atom. The van der Waals surface area contributed by atoms with Crippen molar-refractivity contribution in [2.75, 3.05) is 37.4 Å². The Morgan fingerprint density at radius 1 is 1.16 bits per heavy atom. The SMILES string of the molecule is CCN(CC(=O)Nc1nnc(C)s1)CC(=O)Nc1ccccc1OC. The van der Waals surface area contributed by atoms with Gasteiger partial charge in [-0.3, -0.25) is 19.8 Å². The van der Waals surface area contributed by atoms with Gasteiger partial charge in [-0.2, -0.15) is 0 Å². The maximum Gasteiger partial charge on any atom is 0.240 e. The second kappa shape index (κ2) is 9.09. The molecule has 0 spiro atoms. The molecule has 2 rings (SSSR count). The highest BCUT2D eigenvalue weighted by atomic mass is 32.1. The standard InChI is InChI=1S/C16H21N5O3S/c1-4-21(10-15(23)18-16-20-19-11(2)25-16)9-14(22)17-12-7-5-6-8-13(12)24-3/h5-8H,4,9-10H2,1-3H3,(H,17,22)(H,18,20,23). The minimum Gasteiger partial charge on any atom is -0.495 e. The van der Waals surface area contributed by atoms with Crippen LogP contribution in [0.5, 0.6) is 5.75 Å². The number of aromatic nitrogens is 2. The molecule has 2 aromatic rings. The van der Waals surface area contributed by atoms with Crippen LogP contribution in [0.1, 0.15) is 11.9 Å². The largest absolute Gasteiger partial charge is 0.495 e. The first-order valence-electron chi connectivity index (χ1n) is 7.77. The summed E-state index contributed by atoms with van der Waals surface area (Å²) in [5.74, 6) is 0.136. The summed E-state index contributed by atoms with van der Waals surface area (Å²) < 4.78 is 5.21. The molecule has 0 fully saturated rings. The van der Waals surface area contributed by atoms with Gasteiger partial charge in [-0.05, 0) is 25.6 Å². The van der Waals surface area contributed by atoms with E-state index in [1.807, 2.05) is 26.0 Å². The number of rotatable bonds is 8. The van der Waals surface area contributed by atoms with Gasteiger partial charge in [-0.25, -0.2) is 0 Å². The second-order valence-corrected chi connectivity index (χ2v) is 6.41. The predicted octanol–water partition coefficient (Wildman–Crippen LogP) is 1.75. The van der Waals surface area contributed by atoms with E-state index >= 15 is 0 Å². The number of likely N-dealkylation sites (N-methyl/N-ethyl adjacent to an activating group) is 1. The van der Waals surface area contributed by atoms with Crippen LogP contribution in [-0.2, 0) is 9.59 Å². The number of amides is 2. The van der Waals surface area contributed by atoms with Crippen LogP contribution in [0.15, 0.2) is 24.3 Å². The molecule has 2 N–H and O–H groups in total. The van der Waals surface area contributed by atoms with Crippen molar-refractivity contribution in [1.29, 1.82) is 0 Å². The molecular formula is C16H21N5O3S. The highest BCUT2D eigenvalue weighted by molar-refractivity contribution is 7.15. The van der Waals surface area contributed by atoms with E-state index in [9.17, 15) is 9.59 Å². The van der Waals surface area contributed by atoms with E-state index in [0.29, 0.717) is 23.1 Å². The van der Waals surface area contributed by atoms with Gasteiger partial charge in [0.05, 0.1) is 25.9 Å². The Hall–Kier alpha value is -2.52. The molecule has 1 aromatic carbocycles. The van der Waals surface area contributed by atoms with Crippen LogP contribution in [-0.4, -0.2) is 53.7 Å². The van der Waals surface area contributed by atoms with E-state index in [4.69, 9.17) is 4.74 Å². The summed E-state index contributed by atoms with van der Waals surface area (Å²) in [6.45, 7) is 4.44. The van der Waals surface area contributed by atoms with Crippen molar-refractivity contribution in [3.05, 3.63) is 29.3 Å². The molecule has 0 aliphatic heterocycles. The van der Waals surface area contributed by atoms with Crippen LogP contribution in [0.2, 0.25) is 0 Å². The van der Waals surface area contributed by atoms with E-state index in [2.05, 4.69) is 20.8 Å². The molecule has 1 aromatic heterocycles. The zero-order valence-electron chi connectivity index (χ0n) is 14.4. The maximum atomic E-state index is 12.2. The van der Waals surface area contributed by atoms with E-state index in [-0.39, 0.29) is 24.9 Å². The van der Waals surface area contributed by atoms with Gasteiger partial charge in [0.1, 0.15) is 10.8 Å². The molecule has 0 aliphatic carbocycles. The average Bonchev–Trinajstić information content (AvgIpc) is 2.99. The Kier molecular flexibility index (Phi) is 6.84. The number of ether oxygens (including phenoxy) is 1. The van der Waals surface area contributed by atoms with Crippen molar-refractivity contribution in [3.63, 3.8) is 0 Å². The number of nitrogens with zero attached hydrogens (tertiary/aromatic N) is 3. The van der Waals surface area contributed by atoms with Crippen molar-refractivity contribution in [2.24, 2.45) is 0 Å². The van der Waals surface area contributed by atoms with Crippen molar-refractivity contribution in [3.8, 4) is 5.75 Å². The van der Waals surface area contributed by atoms with Gasteiger partial charge in [0.15, 0.2) is 0 Å². The number of para-hydroxylation sites is 2. The van der Waals surface area contributed by atoms with E-state index in [1.165, 1.54) is 11.3 Å². The fourth-order valence-electron chi connectivity index (χ4n) is 2.13. The fraction of sp³-hybridized carbons (Fsp3) is 0.375. The predicted molar refractivity (Wildman–Crippen MR) is 97.0 cm³/mol. The zero-order chi connectivity index (χ0) is 18.2. The number of carbonyl (C=O) groups excluding carboxylic acids is 2. The number of carbonyl (C=O) groups is 2. The summed E-state index contributed by atoms with van der Waals surface area (Å²) in [5.41, 5.74) is 0.597. The van der Waals surface area contributed by atoms with E-state index in [0.717, 1.165) is 5.01 Å². The second-order valence-electron chi connectivity index (χ2n) is 5.23. The molecule has 0 unspecified atom stereocenters. The monoisotopic (exact) mass is 363 g/mol. The maximum absolute atomic E-state index is 12.2. The van der Waals surface area contributed by atoms with Crippen LogP contribution in [0.25, 0.3) is 0 Å². The molecular weight excluding hydrogens is 342 g/mol. The van der Waals surface area contributed by atoms with Crippen LogP contribution < -0.4 is 15.4 Å². The van der Waals surface area contributed by atoms with Crippen molar-refractivity contribution < 1.29 is 14.3 Å². The topological polar surface area (TPSA) is 96.5 Å². The van der Waals surface area contributed by atoms with Gasteiger partial charge >= 0.3 is 0 Å². The fourth-order valence-corrected chi connectivity index (χ4v) is 2.74. The first-order valence-corrected chi connectivity index (χ1v) is 8.58. The number of nitrogens with one attached hydrogen (secondary N) is 2. The Bertz CT molecular complexity index is 734. The van der Waals surface area contributed by atoms with Crippen molar-refractivity contribution in [2.45, 2.75) is 13.8 Å². The summed E-state index contributed by atoms with van der Waals surface area (Å²) >= 11 is 1.30. The third-order valence-electron chi connectivity index (χ3n) is 3.34. The summed E-state index contributed by atoms with van der Waals surface area (Å²) in [7, 11) is 1.54. The molecule has 25 heavy (non-hydrogen) atoms. The molecule has 9 heteroatoms. The van der Waals surface area contributed by atoms with E-state index < -0.39 is 0 Å². The Morgan fingerprint density at radius 2 is 1.84 bits per heavy atom. The third-order valence-corrected chi connectivity index (χ3v) is 4.09. The molecule has 0 bridgehead atoms. The summed E-state index contributed by atoms with van der Waals surface area (Å²) in [5, 5.41) is 14.4. The summed E-state index contributed by atoms with van der Waals surface area (Å²) in [6.07, 6.45) is 0. The van der Waals surface area contributed by atoms with E-state index in [1.54, 1.807) is 24.1 Å². The first kappa shape index (κ1) is 18.8. The summed E-state index contributed by atoms with van der Waals surface area (Å²) in [4.78, 5) is 26.0. The molecule has 1 heterocycles. The number of anilines is 2. The quantitative estimate of drug-likeness (QED) is 0.742. The van der Waals surface area contributed by atoms with Gasteiger partial charge < -0.3 is 10.1 Å². The molecule has 0 radical (unpaired) electrons. The Labute approximate surface area is 150 Å². The average molecular weight is 363 g/mol. The van der Waals surface area contributed by atoms with Crippen LogP contribution in [0.3, 0.4) is 0 Å². The molecule has 0 saturated carbocycles. The highest BCUT2D eigenvalue weighted by Crippen LogP contribution is 2.22. The lowest BCUT2D eigenvalue weighted by Crippen LogP contribution is -2.38. The number of methoxy groups -OCH3 is 1. The van der Waals surface area contributed by atoms with Gasteiger partial charge in [0.2, 0.25) is 16.9 Å². The first-order chi connectivity index (χ1) is 12.0. The minimum atomic E-state index is -0.233. The lowest BCUT2D eigenvalue weighted by molar-refractivity contribution is -0.119. The van der Waals surface area contributed by atoms with Crippen LogP contribution >= 0.6 is 11.3 Å². The lowest BCUT2D eigenvalue weighted by atomic mass is 10.3. The van der Waals surface area contributed by atoms with Gasteiger partial charge in [0.25, 0.3) is 0 Å². The summed E-state index contributed by atoms with van der Waals surface area (Å²) in [6, 6.07) is 7.17. The van der Waals surface area contributed by atoms with Gasteiger partial charge in [-0.15, -0.1) is 10.2 Å². The lowest BCUT2D eigenvalue weighted by Gasteiger charge is -2.19. The minimum absolute atomic E-state index is 0.0917. The number of hydrogen-bond acceptors (Lipinski definition) is 7. The molecule has 134 valence electrons.